The predicted molar refractivity (Wildman–Crippen MR) is 110 cm³/mol. The maximum Gasteiger partial charge on any atom is 0.291 e. The van der Waals surface area contributed by atoms with Crippen molar-refractivity contribution in [3.05, 3.63) is 83.6 Å². The minimum absolute atomic E-state index is 0.192. The van der Waals surface area contributed by atoms with E-state index >= 15 is 0 Å². The molecule has 2 heterocycles. The van der Waals surface area contributed by atoms with Gasteiger partial charge in [0.1, 0.15) is 0 Å². The van der Waals surface area contributed by atoms with Crippen LogP contribution in [0.3, 0.4) is 0 Å². The summed E-state index contributed by atoms with van der Waals surface area (Å²) < 4.78 is 10.1. The first-order chi connectivity index (χ1) is 14.5. The third-order valence-corrected chi connectivity index (χ3v) is 4.40. The lowest BCUT2D eigenvalue weighted by Crippen LogP contribution is -2.15. The van der Waals surface area contributed by atoms with E-state index in [0.717, 1.165) is 11.1 Å². The highest BCUT2D eigenvalue weighted by atomic mass is 16.5. The fourth-order valence-electron chi connectivity index (χ4n) is 2.85. The van der Waals surface area contributed by atoms with Crippen molar-refractivity contribution in [2.45, 2.75) is 13.8 Å². The highest BCUT2D eigenvalue weighted by Gasteiger charge is 2.14. The van der Waals surface area contributed by atoms with E-state index in [1.807, 2.05) is 13.0 Å². The van der Waals surface area contributed by atoms with Gasteiger partial charge in [-0.3, -0.25) is 9.59 Å². The molecule has 0 bridgehead atoms. The highest BCUT2D eigenvalue weighted by molar-refractivity contribution is 6.07. The first kappa shape index (κ1) is 19.1. The summed E-state index contributed by atoms with van der Waals surface area (Å²) in [5, 5.41) is 9.50. The Labute approximate surface area is 171 Å². The molecule has 0 aliphatic heterocycles. The Morgan fingerprint density at radius 1 is 0.933 bits per heavy atom. The number of hydrogen-bond acceptors (Lipinski definition) is 6. The van der Waals surface area contributed by atoms with Gasteiger partial charge in [0, 0.05) is 29.4 Å². The zero-order valence-corrected chi connectivity index (χ0v) is 16.3. The first-order valence-corrected chi connectivity index (χ1v) is 9.17. The Morgan fingerprint density at radius 2 is 1.80 bits per heavy atom. The lowest BCUT2D eigenvalue weighted by atomic mass is 10.1. The third kappa shape index (κ3) is 4.12. The molecule has 0 fully saturated rings. The Bertz CT molecular complexity index is 1210. The molecule has 0 unspecified atom stereocenters. The van der Waals surface area contributed by atoms with Crippen molar-refractivity contribution < 1.29 is 18.5 Å². The molecule has 2 aromatic heterocycles. The molecule has 0 aliphatic rings. The lowest BCUT2D eigenvalue weighted by Gasteiger charge is -2.11. The summed E-state index contributed by atoms with van der Waals surface area (Å²) in [5.74, 6) is 0.400. The topological polar surface area (TPSA) is 110 Å². The van der Waals surface area contributed by atoms with Gasteiger partial charge < -0.3 is 19.6 Å². The molecule has 4 rings (SSSR count). The number of anilines is 2. The van der Waals surface area contributed by atoms with Gasteiger partial charge in [-0.25, -0.2) is 0 Å². The molecule has 2 amide bonds. The number of aromatic nitrogens is 2. The van der Waals surface area contributed by atoms with Crippen LogP contribution >= 0.6 is 0 Å². The van der Waals surface area contributed by atoms with E-state index in [4.69, 9.17) is 8.94 Å². The molecular weight excluding hydrogens is 384 g/mol. The van der Waals surface area contributed by atoms with E-state index < -0.39 is 0 Å². The molecule has 2 N–H and O–H groups in total. The maximum absolute atomic E-state index is 12.8. The zero-order chi connectivity index (χ0) is 21.1. The summed E-state index contributed by atoms with van der Waals surface area (Å²) in [4.78, 5) is 29.2. The number of carbonyl (C=O) groups is 2. The summed E-state index contributed by atoms with van der Waals surface area (Å²) in [6.07, 6.45) is 1.43. The lowest BCUT2D eigenvalue weighted by molar-refractivity contribution is 0.0993. The summed E-state index contributed by atoms with van der Waals surface area (Å²) >= 11 is 0. The molecule has 0 saturated heterocycles. The van der Waals surface area contributed by atoms with E-state index in [9.17, 15) is 9.59 Å². The molecule has 4 aromatic rings. The number of hydrogen-bond donors (Lipinski definition) is 2. The molecule has 8 nitrogen and oxygen atoms in total. The van der Waals surface area contributed by atoms with Gasteiger partial charge in [0.15, 0.2) is 5.76 Å². The van der Waals surface area contributed by atoms with E-state index in [0.29, 0.717) is 28.7 Å². The second-order valence-corrected chi connectivity index (χ2v) is 6.63. The standard InChI is InChI=1S/C22H18N4O4/c1-13-8-9-16(12-18(13)25-22(28)19-7-4-10-29-19)21(27)24-17-6-3-5-15(11-17)20-23-14(2)30-26-20/h3-12H,1-2H3,(H,24,27)(H,25,28). The Hall–Kier alpha value is -4.20. The number of rotatable bonds is 5. The number of furan rings is 1. The number of carbonyl (C=O) groups excluding carboxylic acids is 2. The van der Waals surface area contributed by atoms with Gasteiger partial charge in [0.25, 0.3) is 11.8 Å². The van der Waals surface area contributed by atoms with Crippen LogP contribution < -0.4 is 10.6 Å². The molecule has 0 aliphatic carbocycles. The SMILES string of the molecule is Cc1nc(-c2cccc(NC(=O)c3ccc(C)c(NC(=O)c4ccco4)c3)c2)no1. The van der Waals surface area contributed by atoms with Gasteiger partial charge >= 0.3 is 0 Å². The van der Waals surface area contributed by atoms with Crippen LogP contribution in [0, 0.1) is 13.8 Å². The summed E-state index contributed by atoms with van der Waals surface area (Å²) in [5.41, 5.74) is 3.05. The van der Waals surface area contributed by atoms with Crippen LogP contribution in [0.5, 0.6) is 0 Å². The third-order valence-electron chi connectivity index (χ3n) is 4.40. The van der Waals surface area contributed by atoms with E-state index in [2.05, 4.69) is 20.8 Å². The van der Waals surface area contributed by atoms with Gasteiger partial charge in [0.2, 0.25) is 11.7 Å². The van der Waals surface area contributed by atoms with Crippen molar-refractivity contribution in [2.24, 2.45) is 0 Å². The molecule has 150 valence electrons. The maximum atomic E-state index is 12.8. The average molecular weight is 402 g/mol. The minimum Gasteiger partial charge on any atom is -0.459 e. The molecule has 2 aromatic carbocycles. The average Bonchev–Trinajstić information content (AvgIpc) is 3.42. The van der Waals surface area contributed by atoms with Gasteiger partial charge in [-0.15, -0.1) is 0 Å². The molecule has 0 radical (unpaired) electrons. The second kappa shape index (κ2) is 8.04. The molecule has 0 saturated carbocycles. The van der Waals surface area contributed by atoms with Crippen LogP contribution in [0.25, 0.3) is 11.4 Å². The second-order valence-electron chi connectivity index (χ2n) is 6.63. The number of amides is 2. The fraction of sp³-hybridized carbons (Fsp3) is 0.0909. The fourth-order valence-corrected chi connectivity index (χ4v) is 2.85. The Balaban J connectivity index is 1.52. The zero-order valence-electron chi connectivity index (χ0n) is 16.3. The van der Waals surface area contributed by atoms with Gasteiger partial charge in [-0.1, -0.05) is 23.4 Å². The smallest absolute Gasteiger partial charge is 0.291 e. The van der Waals surface area contributed by atoms with Crippen LogP contribution in [0.15, 0.2) is 69.8 Å². The Kier molecular flexibility index (Phi) is 5.13. The molecular formula is C22H18N4O4. The van der Waals surface area contributed by atoms with Crippen LogP contribution in [-0.4, -0.2) is 22.0 Å². The van der Waals surface area contributed by atoms with Crippen LogP contribution in [-0.2, 0) is 0 Å². The quantitative estimate of drug-likeness (QED) is 0.510. The summed E-state index contributed by atoms with van der Waals surface area (Å²) in [7, 11) is 0. The van der Waals surface area contributed by atoms with Crippen LogP contribution in [0.2, 0.25) is 0 Å². The van der Waals surface area contributed by atoms with Gasteiger partial charge in [0.05, 0.1) is 6.26 Å². The predicted octanol–water partition coefficient (Wildman–Crippen LogP) is 4.45. The van der Waals surface area contributed by atoms with Gasteiger partial charge in [-0.2, -0.15) is 4.98 Å². The summed E-state index contributed by atoms with van der Waals surface area (Å²) in [6.45, 7) is 3.55. The molecule has 0 atom stereocenters. The van der Waals surface area contributed by atoms with Crippen molar-refractivity contribution in [3.63, 3.8) is 0 Å². The number of nitrogens with zero attached hydrogens (tertiary/aromatic N) is 2. The van der Waals surface area contributed by atoms with Crippen molar-refractivity contribution in [1.29, 1.82) is 0 Å². The van der Waals surface area contributed by atoms with Crippen molar-refractivity contribution in [2.75, 3.05) is 10.6 Å². The Morgan fingerprint density at radius 3 is 2.53 bits per heavy atom. The molecule has 0 spiro atoms. The highest BCUT2D eigenvalue weighted by Crippen LogP contribution is 2.22. The van der Waals surface area contributed by atoms with E-state index in [-0.39, 0.29) is 17.6 Å². The van der Waals surface area contributed by atoms with Crippen LogP contribution in [0.1, 0.15) is 32.4 Å². The van der Waals surface area contributed by atoms with E-state index in [1.165, 1.54) is 6.26 Å². The first-order valence-electron chi connectivity index (χ1n) is 9.17. The number of aryl methyl sites for hydroxylation is 2. The minimum atomic E-state index is -0.385. The molecule has 8 heteroatoms. The van der Waals surface area contributed by atoms with Crippen molar-refractivity contribution >= 4 is 23.2 Å². The van der Waals surface area contributed by atoms with Gasteiger partial charge in [-0.05, 0) is 48.9 Å². The van der Waals surface area contributed by atoms with Crippen molar-refractivity contribution in [1.82, 2.24) is 10.1 Å². The number of nitrogens with one attached hydrogen (secondary N) is 2. The van der Waals surface area contributed by atoms with E-state index in [1.54, 1.807) is 55.5 Å². The largest absolute Gasteiger partial charge is 0.459 e. The monoisotopic (exact) mass is 402 g/mol. The molecule has 30 heavy (non-hydrogen) atoms. The summed E-state index contributed by atoms with van der Waals surface area (Å²) in [6, 6.07) is 15.4. The number of benzene rings is 2. The van der Waals surface area contributed by atoms with Crippen molar-refractivity contribution in [3.8, 4) is 11.4 Å². The normalized spacial score (nSPS) is 10.6. The van der Waals surface area contributed by atoms with Crippen LogP contribution in [0.4, 0.5) is 11.4 Å².